The molecule has 4 heteroatoms. The van der Waals surface area contributed by atoms with Crippen molar-refractivity contribution in [1.29, 1.82) is 0 Å². The summed E-state index contributed by atoms with van der Waals surface area (Å²) >= 11 is 0. The molecular weight excluding hydrogens is 184 g/mol. The lowest BCUT2D eigenvalue weighted by Gasteiger charge is -2.22. The predicted octanol–water partition coefficient (Wildman–Crippen LogP) is 0.542. The Labute approximate surface area is 82.6 Å². The van der Waals surface area contributed by atoms with Gasteiger partial charge in [0.25, 0.3) is 0 Å². The standard InChI is InChI=1S/C10H14O4/c1-3-13-10(12)7-5(2)4-6-9(14-6)8(7)11/h5-7,9H,3-4H2,1-2H3/t5-,6-,7?,9-/m1/s1. The van der Waals surface area contributed by atoms with E-state index in [0.717, 1.165) is 6.42 Å². The van der Waals surface area contributed by atoms with Crippen molar-refractivity contribution < 1.29 is 19.1 Å². The zero-order chi connectivity index (χ0) is 10.3. The highest BCUT2D eigenvalue weighted by molar-refractivity contribution is 6.03. The molecule has 1 saturated carbocycles. The molecule has 0 radical (unpaired) electrons. The van der Waals surface area contributed by atoms with Crippen LogP contribution >= 0.6 is 0 Å². The van der Waals surface area contributed by atoms with E-state index in [0.29, 0.717) is 6.61 Å². The molecule has 1 aliphatic heterocycles. The largest absolute Gasteiger partial charge is 0.465 e. The third-order valence-corrected chi connectivity index (χ3v) is 2.88. The summed E-state index contributed by atoms with van der Waals surface area (Å²) in [5.74, 6) is -1.03. The van der Waals surface area contributed by atoms with Crippen molar-refractivity contribution in [3.8, 4) is 0 Å². The molecule has 0 bridgehead atoms. The van der Waals surface area contributed by atoms with E-state index < -0.39 is 5.92 Å². The highest BCUT2D eigenvalue weighted by atomic mass is 16.6. The first-order valence-corrected chi connectivity index (χ1v) is 5.01. The van der Waals surface area contributed by atoms with Gasteiger partial charge < -0.3 is 9.47 Å². The van der Waals surface area contributed by atoms with Gasteiger partial charge >= 0.3 is 5.97 Å². The third kappa shape index (κ3) is 1.43. The van der Waals surface area contributed by atoms with Crippen LogP contribution in [0.2, 0.25) is 0 Å². The summed E-state index contributed by atoms with van der Waals surface area (Å²) in [6.07, 6.45) is 0.545. The normalized spacial score (nSPS) is 40.3. The van der Waals surface area contributed by atoms with Crippen molar-refractivity contribution in [3.63, 3.8) is 0 Å². The fourth-order valence-corrected chi connectivity index (χ4v) is 2.11. The van der Waals surface area contributed by atoms with Crippen LogP contribution in [0.3, 0.4) is 0 Å². The molecule has 1 saturated heterocycles. The number of ketones is 1. The van der Waals surface area contributed by atoms with Gasteiger partial charge in [-0.15, -0.1) is 0 Å². The summed E-state index contributed by atoms with van der Waals surface area (Å²) in [5, 5.41) is 0. The molecule has 0 N–H and O–H groups in total. The van der Waals surface area contributed by atoms with Crippen LogP contribution in [0.25, 0.3) is 0 Å². The van der Waals surface area contributed by atoms with Crippen LogP contribution in [0.4, 0.5) is 0 Å². The Bertz CT molecular complexity index is 273. The number of hydrogen-bond acceptors (Lipinski definition) is 4. The third-order valence-electron chi connectivity index (χ3n) is 2.88. The molecule has 2 fully saturated rings. The minimum Gasteiger partial charge on any atom is -0.465 e. The van der Waals surface area contributed by atoms with E-state index in [1.54, 1.807) is 6.92 Å². The van der Waals surface area contributed by atoms with Crippen LogP contribution in [0, 0.1) is 11.8 Å². The Morgan fingerprint density at radius 3 is 3.00 bits per heavy atom. The zero-order valence-electron chi connectivity index (χ0n) is 8.36. The fraction of sp³-hybridized carbons (Fsp3) is 0.800. The molecule has 1 aliphatic carbocycles. The summed E-state index contributed by atoms with van der Waals surface area (Å²) in [5.41, 5.74) is 0. The van der Waals surface area contributed by atoms with E-state index >= 15 is 0 Å². The fourth-order valence-electron chi connectivity index (χ4n) is 2.11. The molecule has 0 aromatic rings. The molecule has 1 unspecified atom stereocenters. The second-order valence-corrected chi connectivity index (χ2v) is 3.94. The van der Waals surface area contributed by atoms with Crippen LogP contribution in [0.5, 0.6) is 0 Å². The molecule has 0 amide bonds. The maximum absolute atomic E-state index is 11.7. The smallest absolute Gasteiger partial charge is 0.316 e. The summed E-state index contributed by atoms with van der Waals surface area (Å²) in [6, 6.07) is 0. The van der Waals surface area contributed by atoms with Gasteiger partial charge in [0.05, 0.1) is 12.7 Å². The average Bonchev–Trinajstić information content (AvgIpc) is 2.83. The molecule has 1 heterocycles. The van der Waals surface area contributed by atoms with Crippen molar-refractivity contribution >= 4 is 11.8 Å². The van der Waals surface area contributed by atoms with Crippen LogP contribution in [0.1, 0.15) is 20.3 Å². The molecular formula is C10H14O4. The van der Waals surface area contributed by atoms with Gasteiger partial charge in [-0.25, -0.2) is 0 Å². The second kappa shape index (κ2) is 3.35. The van der Waals surface area contributed by atoms with E-state index in [4.69, 9.17) is 9.47 Å². The van der Waals surface area contributed by atoms with Gasteiger partial charge in [0.1, 0.15) is 12.0 Å². The number of ether oxygens (including phenoxy) is 2. The first-order chi connectivity index (χ1) is 6.65. The minimum absolute atomic E-state index is 0.0466. The number of carbonyl (C=O) groups is 2. The maximum Gasteiger partial charge on any atom is 0.316 e. The van der Waals surface area contributed by atoms with Crippen molar-refractivity contribution in [2.24, 2.45) is 11.8 Å². The molecule has 4 nitrogen and oxygen atoms in total. The van der Waals surface area contributed by atoms with Gasteiger partial charge in [0, 0.05) is 0 Å². The van der Waals surface area contributed by atoms with E-state index in [9.17, 15) is 9.59 Å². The van der Waals surface area contributed by atoms with E-state index in [2.05, 4.69) is 0 Å². The molecule has 0 aromatic carbocycles. The average molecular weight is 198 g/mol. The quantitative estimate of drug-likeness (QED) is 0.369. The number of Topliss-reactive ketones (excluding diaryl/α,β-unsaturated/α-hetero) is 1. The topological polar surface area (TPSA) is 55.9 Å². The predicted molar refractivity (Wildman–Crippen MR) is 47.6 cm³/mol. The summed E-state index contributed by atoms with van der Waals surface area (Å²) in [4.78, 5) is 23.2. The number of fused-ring (bicyclic) bond motifs is 1. The van der Waals surface area contributed by atoms with Gasteiger partial charge in [-0.2, -0.15) is 0 Å². The van der Waals surface area contributed by atoms with Crippen LogP contribution < -0.4 is 0 Å². The molecule has 14 heavy (non-hydrogen) atoms. The Kier molecular flexibility index (Phi) is 2.31. The lowest BCUT2D eigenvalue weighted by atomic mass is 9.79. The van der Waals surface area contributed by atoms with Gasteiger partial charge in [0.2, 0.25) is 0 Å². The van der Waals surface area contributed by atoms with Crippen molar-refractivity contribution in [2.75, 3.05) is 6.61 Å². The first kappa shape index (κ1) is 9.65. The highest BCUT2D eigenvalue weighted by Crippen LogP contribution is 2.40. The summed E-state index contributed by atoms with van der Waals surface area (Å²) < 4.78 is 10.0. The Balaban J connectivity index is 2.07. The molecule has 4 atom stereocenters. The Hall–Kier alpha value is -0.900. The number of rotatable bonds is 2. The van der Waals surface area contributed by atoms with E-state index in [-0.39, 0.29) is 29.9 Å². The monoisotopic (exact) mass is 198 g/mol. The van der Waals surface area contributed by atoms with Gasteiger partial charge in [-0.1, -0.05) is 6.92 Å². The summed E-state index contributed by atoms with van der Waals surface area (Å²) in [6.45, 7) is 3.97. The van der Waals surface area contributed by atoms with Crippen molar-refractivity contribution in [3.05, 3.63) is 0 Å². The van der Waals surface area contributed by atoms with Crippen LogP contribution in [-0.4, -0.2) is 30.6 Å². The van der Waals surface area contributed by atoms with Crippen molar-refractivity contribution in [1.82, 2.24) is 0 Å². The van der Waals surface area contributed by atoms with Crippen LogP contribution in [-0.2, 0) is 19.1 Å². The molecule has 2 aliphatic rings. The molecule has 0 aromatic heterocycles. The maximum atomic E-state index is 11.7. The number of hydrogen-bond donors (Lipinski definition) is 0. The Morgan fingerprint density at radius 2 is 2.36 bits per heavy atom. The number of esters is 1. The minimum atomic E-state index is -0.598. The molecule has 78 valence electrons. The zero-order valence-corrected chi connectivity index (χ0v) is 8.36. The first-order valence-electron chi connectivity index (χ1n) is 5.01. The second-order valence-electron chi connectivity index (χ2n) is 3.94. The molecule has 2 rings (SSSR count). The van der Waals surface area contributed by atoms with Gasteiger partial charge in [-0.3, -0.25) is 9.59 Å². The van der Waals surface area contributed by atoms with Gasteiger partial charge in [0.15, 0.2) is 5.78 Å². The lowest BCUT2D eigenvalue weighted by Crippen LogP contribution is -2.39. The highest BCUT2D eigenvalue weighted by Gasteiger charge is 2.56. The lowest BCUT2D eigenvalue weighted by molar-refractivity contribution is -0.154. The van der Waals surface area contributed by atoms with E-state index in [1.165, 1.54) is 0 Å². The molecule has 0 spiro atoms. The number of carbonyl (C=O) groups excluding carboxylic acids is 2. The van der Waals surface area contributed by atoms with Crippen LogP contribution in [0.15, 0.2) is 0 Å². The summed E-state index contributed by atoms with van der Waals surface area (Å²) in [7, 11) is 0. The number of epoxide rings is 1. The van der Waals surface area contributed by atoms with Gasteiger partial charge in [-0.05, 0) is 19.3 Å². The van der Waals surface area contributed by atoms with E-state index in [1.807, 2.05) is 6.92 Å². The Morgan fingerprint density at radius 1 is 1.64 bits per heavy atom. The van der Waals surface area contributed by atoms with Crippen molar-refractivity contribution in [2.45, 2.75) is 32.5 Å². The SMILES string of the molecule is CCOC(=O)C1C(=O)[C@@H]2O[C@@H]2C[C@H]1C.